The van der Waals surface area contributed by atoms with Crippen molar-refractivity contribution in [1.82, 2.24) is 14.9 Å². The van der Waals surface area contributed by atoms with Gasteiger partial charge in [-0.25, -0.2) is 10.0 Å². The summed E-state index contributed by atoms with van der Waals surface area (Å²) in [7, 11) is 1.55. The summed E-state index contributed by atoms with van der Waals surface area (Å²) in [4.78, 5) is 26.7. The van der Waals surface area contributed by atoms with Crippen molar-refractivity contribution in [3.63, 3.8) is 0 Å². The molecule has 2 amide bonds. The highest BCUT2D eigenvalue weighted by Gasteiger charge is 2.53. The highest BCUT2D eigenvalue weighted by Crippen LogP contribution is 2.37. The first-order chi connectivity index (χ1) is 13.0. The summed E-state index contributed by atoms with van der Waals surface area (Å²) in [5, 5.41) is 15.4. The van der Waals surface area contributed by atoms with Crippen molar-refractivity contribution in [3.8, 4) is 0 Å². The third kappa shape index (κ3) is 3.02. The van der Waals surface area contributed by atoms with E-state index in [1.54, 1.807) is 7.05 Å². The monoisotopic (exact) mass is 369 g/mol. The molecule has 0 spiro atoms. The van der Waals surface area contributed by atoms with Gasteiger partial charge in [0.1, 0.15) is 6.04 Å². The van der Waals surface area contributed by atoms with Gasteiger partial charge in [0.15, 0.2) is 0 Å². The predicted octanol–water partition coefficient (Wildman–Crippen LogP) is 1.65. The van der Waals surface area contributed by atoms with Crippen LogP contribution in [0.25, 0.3) is 0 Å². The number of piperidine rings is 1. The van der Waals surface area contributed by atoms with Crippen LogP contribution in [0.5, 0.6) is 0 Å². The van der Waals surface area contributed by atoms with E-state index in [1.807, 2.05) is 48.4 Å². The molecule has 27 heavy (non-hydrogen) atoms. The maximum atomic E-state index is 12.9. The molecule has 0 aliphatic carbocycles. The summed E-state index contributed by atoms with van der Waals surface area (Å²) < 4.78 is 0. The lowest BCUT2D eigenvalue weighted by Gasteiger charge is -2.48. The van der Waals surface area contributed by atoms with Crippen LogP contribution in [0.15, 0.2) is 36.4 Å². The fourth-order valence-electron chi connectivity index (χ4n) is 4.62. The van der Waals surface area contributed by atoms with E-state index >= 15 is 0 Å². The molecule has 4 atom stereocenters. The molecule has 1 aromatic carbocycles. The summed E-state index contributed by atoms with van der Waals surface area (Å²) in [5.41, 5.74) is 1.88. The number of rotatable bonds is 3. The van der Waals surface area contributed by atoms with Crippen molar-refractivity contribution in [3.05, 3.63) is 47.5 Å². The number of hydrogen-bond acceptors (Lipinski definition) is 5. The molecule has 0 radical (unpaired) electrons. The molecule has 0 aromatic heterocycles. The van der Waals surface area contributed by atoms with Gasteiger partial charge >= 0.3 is 0 Å². The van der Waals surface area contributed by atoms with Gasteiger partial charge in [-0.3, -0.25) is 14.5 Å². The van der Waals surface area contributed by atoms with Crippen LogP contribution >= 0.6 is 0 Å². The van der Waals surface area contributed by atoms with Crippen LogP contribution in [0.4, 0.5) is 0 Å². The van der Waals surface area contributed by atoms with Crippen molar-refractivity contribution in [2.75, 3.05) is 20.1 Å². The zero-order chi connectivity index (χ0) is 19.1. The summed E-state index contributed by atoms with van der Waals surface area (Å²) in [6, 6.07) is 6.86. The number of amides is 2. The van der Waals surface area contributed by atoms with E-state index in [1.165, 1.54) is 11.3 Å². The van der Waals surface area contributed by atoms with Crippen molar-refractivity contribution in [2.45, 2.75) is 44.4 Å². The summed E-state index contributed by atoms with van der Waals surface area (Å²) in [6.45, 7) is 3.68. The Balaban J connectivity index is 1.74. The number of aryl methyl sites for hydroxylation is 1. The van der Waals surface area contributed by atoms with Gasteiger partial charge < -0.3 is 5.11 Å². The normalized spacial score (nSPS) is 30.6. The minimum atomic E-state index is -0.765. The van der Waals surface area contributed by atoms with Crippen molar-refractivity contribution >= 4 is 11.8 Å². The second kappa shape index (κ2) is 7.19. The minimum absolute atomic E-state index is 0.160. The smallest absolute Gasteiger partial charge is 0.248 e. The van der Waals surface area contributed by atoms with Crippen LogP contribution in [-0.2, 0) is 9.59 Å². The second-order valence-electron chi connectivity index (χ2n) is 7.78. The molecule has 4 rings (SSSR count). The number of likely N-dealkylation sites (tertiary alicyclic amines) is 1. The quantitative estimate of drug-likeness (QED) is 0.648. The molecule has 0 bridgehead atoms. The Morgan fingerprint density at radius 3 is 2.44 bits per heavy atom. The van der Waals surface area contributed by atoms with E-state index in [9.17, 15) is 14.7 Å². The fourth-order valence-corrected chi connectivity index (χ4v) is 4.62. The zero-order valence-electron chi connectivity index (χ0n) is 15.9. The number of aliphatic hydroxyl groups excluding tert-OH is 1. The van der Waals surface area contributed by atoms with Gasteiger partial charge in [0.25, 0.3) is 0 Å². The van der Waals surface area contributed by atoms with Gasteiger partial charge in [-0.05, 0) is 30.9 Å². The van der Waals surface area contributed by atoms with Crippen LogP contribution in [0.1, 0.15) is 36.5 Å². The van der Waals surface area contributed by atoms with Gasteiger partial charge in [0, 0.05) is 20.1 Å². The van der Waals surface area contributed by atoms with Gasteiger partial charge in [-0.15, -0.1) is 0 Å². The molecule has 2 fully saturated rings. The largest absolute Gasteiger partial charge is 0.386 e. The summed E-state index contributed by atoms with van der Waals surface area (Å²) in [5.74, 6) is -0.807. The maximum Gasteiger partial charge on any atom is 0.248 e. The van der Waals surface area contributed by atoms with Crippen LogP contribution in [0.2, 0.25) is 0 Å². The number of nitrogens with zero attached hydrogens (tertiary/aromatic N) is 3. The number of carbonyl (C=O) groups excluding carboxylic acids is 2. The average Bonchev–Trinajstić information content (AvgIpc) is 2.92. The molecule has 0 saturated carbocycles. The fraction of sp³-hybridized carbons (Fsp3) is 0.524. The number of carbonyl (C=O) groups is 2. The minimum Gasteiger partial charge on any atom is -0.386 e. The van der Waals surface area contributed by atoms with Crippen LogP contribution in [-0.4, -0.2) is 64.1 Å². The molecule has 1 N–H and O–H groups in total. The van der Waals surface area contributed by atoms with Crippen molar-refractivity contribution in [2.24, 2.45) is 5.92 Å². The number of aliphatic hydroxyl groups is 1. The second-order valence-corrected chi connectivity index (χ2v) is 7.78. The molecular weight excluding hydrogens is 342 g/mol. The number of fused-ring (bicyclic) bond motifs is 1. The zero-order valence-corrected chi connectivity index (χ0v) is 15.9. The van der Waals surface area contributed by atoms with E-state index in [0.717, 1.165) is 37.1 Å². The molecule has 1 aromatic rings. The summed E-state index contributed by atoms with van der Waals surface area (Å²) in [6.07, 6.45) is 6.26. The van der Waals surface area contributed by atoms with Crippen molar-refractivity contribution in [1.29, 1.82) is 0 Å². The molecule has 2 saturated heterocycles. The molecule has 3 aliphatic rings. The Kier molecular flexibility index (Phi) is 4.88. The van der Waals surface area contributed by atoms with Crippen LogP contribution in [0, 0.1) is 12.8 Å². The predicted molar refractivity (Wildman–Crippen MR) is 101 cm³/mol. The number of benzene rings is 1. The Hall–Kier alpha value is -2.02. The van der Waals surface area contributed by atoms with E-state index in [4.69, 9.17) is 0 Å². The molecule has 3 heterocycles. The molecule has 4 unspecified atom stereocenters. The lowest BCUT2D eigenvalue weighted by Crippen LogP contribution is -2.61. The first kappa shape index (κ1) is 18.3. The highest BCUT2D eigenvalue weighted by atomic mass is 16.3. The highest BCUT2D eigenvalue weighted by molar-refractivity contribution is 6.07. The first-order valence-electron chi connectivity index (χ1n) is 9.77. The molecular formula is C21H27N3O3. The Morgan fingerprint density at radius 1 is 1.04 bits per heavy atom. The third-order valence-electron chi connectivity index (χ3n) is 6.14. The first-order valence-corrected chi connectivity index (χ1v) is 9.77. The van der Waals surface area contributed by atoms with E-state index in [-0.39, 0.29) is 17.9 Å². The molecule has 6 nitrogen and oxygen atoms in total. The molecule has 6 heteroatoms. The van der Waals surface area contributed by atoms with E-state index in [0.29, 0.717) is 0 Å². The van der Waals surface area contributed by atoms with Crippen LogP contribution in [0.3, 0.4) is 0 Å². The Labute approximate surface area is 160 Å². The van der Waals surface area contributed by atoms with Gasteiger partial charge in [0.2, 0.25) is 11.8 Å². The Morgan fingerprint density at radius 2 is 1.74 bits per heavy atom. The van der Waals surface area contributed by atoms with Gasteiger partial charge in [-0.2, -0.15) is 0 Å². The number of imide groups is 1. The number of likely N-dealkylation sites (N-methyl/N-ethyl adjacent to an activating group) is 1. The van der Waals surface area contributed by atoms with Crippen molar-refractivity contribution < 1.29 is 14.7 Å². The van der Waals surface area contributed by atoms with E-state index in [2.05, 4.69) is 5.01 Å². The lowest BCUT2D eigenvalue weighted by atomic mass is 9.89. The average molecular weight is 369 g/mol. The molecule has 144 valence electrons. The Bertz CT molecular complexity index is 772. The standard InChI is InChI=1S/C21H27N3O3/c1-14-8-4-5-9-15(14)19(25)17-11-10-16-18(21(27)22(2)20(16)26)24(17)23-12-6-3-7-13-23/h4-5,8-11,16-19,25H,3,6-7,12-13H2,1-2H3. The summed E-state index contributed by atoms with van der Waals surface area (Å²) >= 11 is 0. The number of hydrazine groups is 1. The van der Waals surface area contributed by atoms with E-state index < -0.39 is 18.1 Å². The lowest BCUT2D eigenvalue weighted by molar-refractivity contribution is -0.155. The third-order valence-corrected chi connectivity index (χ3v) is 6.14. The molecule has 3 aliphatic heterocycles. The SMILES string of the molecule is Cc1ccccc1C(O)C1C=CC2C(=O)N(C)C(=O)C2N1N1CCCCC1. The maximum absolute atomic E-state index is 12.9. The number of hydrogen-bond donors (Lipinski definition) is 1. The van der Waals surface area contributed by atoms with Gasteiger partial charge in [-0.1, -0.05) is 42.8 Å². The van der Waals surface area contributed by atoms with Crippen LogP contribution < -0.4 is 0 Å². The topological polar surface area (TPSA) is 64.1 Å². The van der Waals surface area contributed by atoms with Gasteiger partial charge in [0.05, 0.1) is 18.1 Å².